The molecule has 1 aliphatic rings. The summed E-state index contributed by atoms with van der Waals surface area (Å²) in [6, 6.07) is 12.3. The lowest BCUT2D eigenvalue weighted by Crippen LogP contribution is -2.26. The number of carbonyl (C=O) groups excluding carboxylic acids is 1. The van der Waals surface area contributed by atoms with Gasteiger partial charge in [0.1, 0.15) is 17.3 Å². The zero-order valence-corrected chi connectivity index (χ0v) is 22.7. The fourth-order valence-corrected chi connectivity index (χ4v) is 5.47. The molecule has 0 unspecified atom stereocenters. The predicted octanol–water partition coefficient (Wildman–Crippen LogP) is 5.55. The minimum atomic E-state index is -0.527. The Kier molecular flexibility index (Phi) is 7.43. The fourth-order valence-electron chi connectivity index (χ4n) is 5.47. The standard InChI is InChI=1S/C30H33FN6O2/c1-17-27(18(2)37(3)36-17)20-10-13-24(22(16-20)19-8-11-21(32)12-9-19)35-30(38)25-14-15-33-29(34-25)28-23(31)6-5-7-26(28)39-4/h5-7,10,13-16,19,21H,8-9,11-12,32H2,1-4H3,(H,35,38). The van der Waals surface area contributed by atoms with Crippen LogP contribution in [0.1, 0.15) is 59.0 Å². The molecule has 1 saturated carbocycles. The monoisotopic (exact) mass is 528 g/mol. The first-order valence-electron chi connectivity index (χ1n) is 13.1. The van der Waals surface area contributed by atoms with Crippen LogP contribution in [-0.2, 0) is 7.05 Å². The number of hydrogen-bond acceptors (Lipinski definition) is 6. The molecule has 4 aromatic rings. The minimum Gasteiger partial charge on any atom is -0.496 e. The molecule has 1 amide bonds. The zero-order chi connectivity index (χ0) is 27.7. The molecule has 8 nitrogen and oxygen atoms in total. The third-order valence-electron chi connectivity index (χ3n) is 7.62. The first kappa shape index (κ1) is 26.5. The summed E-state index contributed by atoms with van der Waals surface area (Å²) in [6.07, 6.45) is 5.22. The number of halogens is 1. The summed E-state index contributed by atoms with van der Waals surface area (Å²) >= 11 is 0. The van der Waals surface area contributed by atoms with Gasteiger partial charge in [0.2, 0.25) is 0 Å². The Morgan fingerprint density at radius 3 is 2.56 bits per heavy atom. The number of methoxy groups -OCH3 is 1. The molecule has 0 radical (unpaired) electrons. The van der Waals surface area contributed by atoms with Gasteiger partial charge in [-0.1, -0.05) is 12.1 Å². The SMILES string of the molecule is COc1cccc(F)c1-c1nccc(C(=O)Nc2ccc(-c3c(C)nn(C)c3C)cc2C2CCC(N)CC2)n1. The van der Waals surface area contributed by atoms with Crippen molar-refractivity contribution in [3.05, 3.63) is 77.1 Å². The number of ether oxygens (including phenoxy) is 1. The van der Waals surface area contributed by atoms with Gasteiger partial charge in [-0.15, -0.1) is 0 Å². The predicted molar refractivity (Wildman–Crippen MR) is 149 cm³/mol. The molecule has 2 heterocycles. The van der Waals surface area contributed by atoms with E-state index in [4.69, 9.17) is 10.5 Å². The average Bonchev–Trinajstić information content (AvgIpc) is 3.19. The van der Waals surface area contributed by atoms with Gasteiger partial charge in [0, 0.05) is 36.2 Å². The largest absolute Gasteiger partial charge is 0.496 e. The van der Waals surface area contributed by atoms with Crippen LogP contribution in [0.25, 0.3) is 22.5 Å². The number of anilines is 1. The molecular weight excluding hydrogens is 495 g/mol. The molecule has 0 aliphatic heterocycles. The number of nitrogens with two attached hydrogens (primary N) is 1. The number of aromatic nitrogens is 4. The fraction of sp³-hybridized carbons (Fsp3) is 0.333. The molecule has 0 atom stereocenters. The van der Waals surface area contributed by atoms with Crippen LogP contribution < -0.4 is 15.8 Å². The third-order valence-corrected chi connectivity index (χ3v) is 7.62. The highest BCUT2D eigenvalue weighted by Crippen LogP contribution is 2.39. The number of carbonyl (C=O) groups is 1. The molecule has 5 rings (SSSR count). The average molecular weight is 529 g/mol. The van der Waals surface area contributed by atoms with Crippen LogP contribution in [0.3, 0.4) is 0 Å². The van der Waals surface area contributed by atoms with Crippen LogP contribution in [0.2, 0.25) is 0 Å². The molecule has 39 heavy (non-hydrogen) atoms. The molecule has 9 heteroatoms. The van der Waals surface area contributed by atoms with Gasteiger partial charge in [-0.05, 0) is 86.9 Å². The normalized spacial score (nSPS) is 17.2. The summed E-state index contributed by atoms with van der Waals surface area (Å²) in [5.41, 5.74) is 12.4. The van der Waals surface area contributed by atoms with Gasteiger partial charge in [-0.3, -0.25) is 9.48 Å². The third kappa shape index (κ3) is 5.27. The summed E-state index contributed by atoms with van der Waals surface area (Å²) in [6.45, 7) is 4.07. The topological polar surface area (TPSA) is 108 Å². The number of rotatable bonds is 6. The summed E-state index contributed by atoms with van der Waals surface area (Å²) < 4.78 is 21.8. The lowest BCUT2D eigenvalue weighted by atomic mass is 9.80. The Morgan fingerprint density at radius 2 is 1.87 bits per heavy atom. The molecule has 1 aliphatic carbocycles. The van der Waals surface area contributed by atoms with Crippen molar-refractivity contribution in [3.63, 3.8) is 0 Å². The van der Waals surface area contributed by atoms with Gasteiger partial charge in [-0.2, -0.15) is 5.10 Å². The van der Waals surface area contributed by atoms with Crippen LogP contribution in [0.5, 0.6) is 5.75 Å². The van der Waals surface area contributed by atoms with E-state index in [1.54, 1.807) is 12.1 Å². The summed E-state index contributed by atoms with van der Waals surface area (Å²) in [5.74, 6) is -0.287. The number of nitrogens with zero attached hydrogens (tertiary/aromatic N) is 4. The first-order valence-corrected chi connectivity index (χ1v) is 13.1. The summed E-state index contributed by atoms with van der Waals surface area (Å²) in [7, 11) is 3.39. The van der Waals surface area contributed by atoms with E-state index in [2.05, 4.69) is 33.4 Å². The second-order valence-corrected chi connectivity index (χ2v) is 10.1. The van der Waals surface area contributed by atoms with E-state index < -0.39 is 11.7 Å². The Bertz CT molecular complexity index is 1520. The minimum absolute atomic E-state index is 0.0805. The lowest BCUT2D eigenvalue weighted by Gasteiger charge is -2.28. The van der Waals surface area contributed by atoms with Crippen molar-refractivity contribution >= 4 is 11.6 Å². The number of aryl methyl sites for hydroxylation is 2. The number of nitrogens with one attached hydrogen (secondary N) is 1. The van der Waals surface area contributed by atoms with Gasteiger partial charge in [0.05, 0.1) is 18.4 Å². The van der Waals surface area contributed by atoms with E-state index in [9.17, 15) is 9.18 Å². The van der Waals surface area contributed by atoms with Crippen molar-refractivity contribution in [1.29, 1.82) is 0 Å². The van der Waals surface area contributed by atoms with E-state index in [0.717, 1.165) is 59.4 Å². The van der Waals surface area contributed by atoms with E-state index in [1.165, 1.54) is 25.4 Å². The Labute approximate surface area is 227 Å². The number of benzene rings is 2. The van der Waals surface area contributed by atoms with E-state index in [0.29, 0.717) is 5.75 Å². The first-order chi connectivity index (χ1) is 18.8. The molecule has 0 spiro atoms. The molecule has 3 N–H and O–H groups in total. The Hall–Kier alpha value is -4.11. The highest BCUT2D eigenvalue weighted by molar-refractivity contribution is 6.03. The lowest BCUT2D eigenvalue weighted by molar-refractivity contribution is 0.102. The van der Waals surface area contributed by atoms with Crippen molar-refractivity contribution in [2.75, 3.05) is 12.4 Å². The highest BCUT2D eigenvalue weighted by Gasteiger charge is 2.25. The number of hydrogen-bond donors (Lipinski definition) is 2. The highest BCUT2D eigenvalue weighted by atomic mass is 19.1. The van der Waals surface area contributed by atoms with Gasteiger partial charge in [0.15, 0.2) is 5.82 Å². The van der Waals surface area contributed by atoms with Crippen molar-refractivity contribution in [2.45, 2.75) is 51.5 Å². The molecule has 2 aromatic heterocycles. The van der Waals surface area contributed by atoms with E-state index >= 15 is 0 Å². The zero-order valence-electron chi connectivity index (χ0n) is 22.7. The van der Waals surface area contributed by atoms with E-state index in [1.807, 2.05) is 30.8 Å². The van der Waals surface area contributed by atoms with Crippen molar-refractivity contribution in [3.8, 4) is 28.3 Å². The Balaban J connectivity index is 1.50. The molecular formula is C30H33FN6O2. The van der Waals surface area contributed by atoms with Crippen LogP contribution in [0.15, 0.2) is 48.7 Å². The summed E-state index contributed by atoms with van der Waals surface area (Å²) in [5, 5.41) is 7.65. The summed E-state index contributed by atoms with van der Waals surface area (Å²) in [4.78, 5) is 22.0. The maximum Gasteiger partial charge on any atom is 0.274 e. The molecule has 0 saturated heterocycles. The van der Waals surface area contributed by atoms with Crippen LogP contribution >= 0.6 is 0 Å². The second kappa shape index (κ2) is 10.9. The van der Waals surface area contributed by atoms with Gasteiger partial charge < -0.3 is 15.8 Å². The van der Waals surface area contributed by atoms with Crippen molar-refractivity contribution in [1.82, 2.24) is 19.7 Å². The van der Waals surface area contributed by atoms with E-state index in [-0.39, 0.29) is 29.0 Å². The maximum atomic E-state index is 14.6. The van der Waals surface area contributed by atoms with Gasteiger partial charge >= 0.3 is 0 Å². The molecule has 202 valence electrons. The van der Waals surface area contributed by atoms with Gasteiger partial charge in [-0.25, -0.2) is 14.4 Å². The van der Waals surface area contributed by atoms with Crippen molar-refractivity contribution in [2.24, 2.45) is 12.8 Å². The van der Waals surface area contributed by atoms with Crippen LogP contribution in [-0.4, -0.2) is 38.8 Å². The quantitative estimate of drug-likeness (QED) is 0.340. The molecule has 2 aromatic carbocycles. The smallest absolute Gasteiger partial charge is 0.274 e. The van der Waals surface area contributed by atoms with Crippen molar-refractivity contribution < 1.29 is 13.9 Å². The Morgan fingerprint density at radius 1 is 1.10 bits per heavy atom. The van der Waals surface area contributed by atoms with Crippen LogP contribution in [0, 0.1) is 19.7 Å². The molecule has 1 fully saturated rings. The molecule has 0 bridgehead atoms. The van der Waals surface area contributed by atoms with Gasteiger partial charge in [0.25, 0.3) is 5.91 Å². The second-order valence-electron chi connectivity index (χ2n) is 10.1. The maximum absolute atomic E-state index is 14.6. The number of amides is 1. The van der Waals surface area contributed by atoms with Crippen LogP contribution in [0.4, 0.5) is 10.1 Å².